The molecule has 0 fully saturated rings. The van der Waals surface area contributed by atoms with Crippen LogP contribution in [0, 0.1) is 5.92 Å². The lowest BCUT2D eigenvalue weighted by Crippen LogP contribution is -2.51. The topological polar surface area (TPSA) is 58.6 Å². The van der Waals surface area contributed by atoms with Gasteiger partial charge in [0.15, 0.2) is 0 Å². The second-order valence-corrected chi connectivity index (χ2v) is 7.91. The zero-order valence-corrected chi connectivity index (χ0v) is 18.6. The Labute approximate surface area is 180 Å². The maximum absolute atomic E-state index is 13.2. The minimum absolute atomic E-state index is 0.0392. The number of hydrogen-bond donors (Lipinski definition) is 1. The van der Waals surface area contributed by atoms with Crippen molar-refractivity contribution in [3.63, 3.8) is 0 Å². The number of methoxy groups -OCH3 is 1. The molecule has 0 aromatic heterocycles. The Morgan fingerprint density at radius 3 is 2.23 bits per heavy atom. The predicted octanol–water partition coefficient (Wildman–Crippen LogP) is 3.86. The number of benzene rings is 2. The summed E-state index contributed by atoms with van der Waals surface area (Å²) < 4.78 is 5.19. The van der Waals surface area contributed by atoms with Gasteiger partial charge < -0.3 is 15.0 Å². The van der Waals surface area contributed by atoms with Crippen LogP contribution in [0.4, 0.5) is 0 Å². The summed E-state index contributed by atoms with van der Waals surface area (Å²) in [5, 5.41) is 3.00. The molecule has 0 radical (unpaired) electrons. The average molecular weight is 411 g/mol. The molecule has 0 aliphatic carbocycles. The van der Waals surface area contributed by atoms with E-state index in [1.165, 1.54) is 0 Å². The van der Waals surface area contributed by atoms with Crippen molar-refractivity contribution >= 4 is 11.8 Å². The van der Waals surface area contributed by atoms with E-state index in [2.05, 4.69) is 19.2 Å². The first-order chi connectivity index (χ1) is 14.4. The van der Waals surface area contributed by atoms with Crippen LogP contribution in [0.3, 0.4) is 0 Å². The zero-order chi connectivity index (χ0) is 21.9. The van der Waals surface area contributed by atoms with Crippen LogP contribution in [0.1, 0.15) is 38.3 Å². The smallest absolute Gasteiger partial charge is 0.242 e. The monoisotopic (exact) mass is 410 g/mol. The number of nitrogens with zero attached hydrogens (tertiary/aromatic N) is 1. The number of ether oxygens (including phenoxy) is 1. The minimum Gasteiger partial charge on any atom is -0.497 e. The summed E-state index contributed by atoms with van der Waals surface area (Å²) >= 11 is 0. The molecule has 5 heteroatoms. The highest BCUT2D eigenvalue weighted by molar-refractivity contribution is 5.88. The molecule has 1 atom stereocenters. The Bertz CT molecular complexity index is 788. The standard InChI is InChI=1S/C25H34N2O3/c1-5-23(25(29)26-18-19(2)3)27(16-15-20-9-7-6-8-10-20)24(28)17-21-11-13-22(30-4)14-12-21/h6-14,19,23H,5,15-18H2,1-4H3,(H,26,29)/t23-/m0/s1. The summed E-state index contributed by atoms with van der Waals surface area (Å²) in [4.78, 5) is 27.8. The number of hydrogen-bond acceptors (Lipinski definition) is 3. The van der Waals surface area contributed by atoms with Crippen LogP contribution in [0.15, 0.2) is 54.6 Å². The minimum atomic E-state index is -0.474. The van der Waals surface area contributed by atoms with Gasteiger partial charge in [-0.25, -0.2) is 0 Å². The molecular weight excluding hydrogens is 376 g/mol. The maximum atomic E-state index is 13.2. The van der Waals surface area contributed by atoms with Crippen molar-refractivity contribution in [1.82, 2.24) is 10.2 Å². The SMILES string of the molecule is CC[C@@H](C(=O)NCC(C)C)N(CCc1ccccc1)C(=O)Cc1ccc(OC)cc1. The Morgan fingerprint density at radius 1 is 1.00 bits per heavy atom. The van der Waals surface area contributed by atoms with Gasteiger partial charge in [0.2, 0.25) is 11.8 Å². The van der Waals surface area contributed by atoms with E-state index in [-0.39, 0.29) is 18.2 Å². The van der Waals surface area contributed by atoms with Gasteiger partial charge in [-0.1, -0.05) is 63.2 Å². The van der Waals surface area contributed by atoms with Crippen molar-refractivity contribution in [3.05, 3.63) is 65.7 Å². The molecule has 1 N–H and O–H groups in total. The molecule has 2 aromatic carbocycles. The van der Waals surface area contributed by atoms with Gasteiger partial charge in [-0.05, 0) is 42.0 Å². The summed E-state index contributed by atoms with van der Waals surface area (Å²) in [6.07, 6.45) is 1.54. The molecule has 0 heterocycles. The van der Waals surface area contributed by atoms with Crippen LogP contribution < -0.4 is 10.1 Å². The van der Waals surface area contributed by atoms with Crippen LogP contribution in [0.5, 0.6) is 5.75 Å². The van der Waals surface area contributed by atoms with Gasteiger partial charge in [0.1, 0.15) is 11.8 Å². The molecule has 0 bridgehead atoms. The van der Waals surface area contributed by atoms with E-state index >= 15 is 0 Å². The van der Waals surface area contributed by atoms with Crippen molar-refractivity contribution in [3.8, 4) is 5.75 Å². The van der Waals surface area contributed by atoms with Gasteiger partial charge in [-0.3, -0.25) is 9.59 Å². The molecule has 2 amide bonds. The van der Waals surface area contributed by atoms with Crippen molar-refractivity contribution < 1.29 is 14.3 Å². The Hall–Kier alpha value is -2.82. The molecule has 2 rings (SSSR count). The van der Waals surface area contributed by atoms with Crippen LogP contribution in [-0.4, -0.2) is 43.0 Å². The van der Waals surface area contributed by atoms with Crippen molar-refractivity contribution in [2.24, 2.45) is 5.92 Å². The summed E-state index contributed by atoms with van der Waals surface area (Å²) in [5.41, 5.74) is 2.06. The Morgan fingerprint density at radius 2 is 1.67 bits per heavy atom. The lowest BCUT2D eigenvalue weighted by molar-refractivity contribution is -0.140. The quantitative estimate of drug-likeness (QED) is 0.612. The number of amides is 2. The lowest BCUT2D eigenvalue weighted by Gasteiger charge is -2.31. The van der Waals surface area contributed by atoms with E-state index in [9.17, 15) is 9.59 Å². The third-order valence-electron chi connectivity index (χ3n) is 5.07. The summed E-state index contributed by atoms with van der Waals surface area (Å²) in [6, 6.07) is 17.1. The highest BCUT2D eigenvalue weighted by Gasteiger charge is 2.28. The fraction of sp³-hybridized carbons (Fsp3) is 0.440. The molecule has 0 spiro atoms. The average Bonchev–Trinajstić information content (AvgIpc) is 2.76. The van der Waals surface area contributed by atoms with Gasteiger partial charge in [0.25, 0.3) is 0 Å². The second-order valence-electron chi connectivity index (χ2n) is 7.91. The summed E-state index contributed by atoms with van der Waals surface area (Å²) in [6.45, 7) is 7.18. The van der Waals surface area contributed by atoms with Gasteiger partial charge in [0.05, 0.1) is 13.5 Å². The fourth-order valence-corrected chi connectivity index (χ4v) is 3.34. The van der Waals surface area contributed by atoms with Crippen LogP contribution in [0.25, 0.3) is 0 Å². The third-order valence-corrected chi connectivity index (χ3v) is 5.07. The zero-order valence-electron chi connectivity index (χ0n) is 18.6. The van der Waals surface area contributed by atoms with Crippen molar-refractivity contribution in [2.75, 3.05) is 20.2 Å². The molecule has 0 unspecified atom stereocenters. The highest BCUT2D eigenvalue weighted by Crippen LogP contribution is 2.15. The van der Waals surface area contributed by atoms with Crippen molar-refractivity contribution in [1.29, 1.82) is 0 Å². The number of rotatable bonds is 11. The van der Waals surface area contributed by atoms with E-state index in [1.54, 1.807) is 12.0 Å². The number of nitrogens with one attached hydrogen (secondary N) is 1. The largest absolute Gasteiger partial charge is 0.497 e. The van der Waals surface area contributed by atoms with Crippen LogP contribution in [0.2, 0.25) is 0 Å². The molecule has 30 heavy (non-hydrogen) atoms. The maximum Gasteiger partial charge on any atom is 0.242 e. The molecule has 2 aromatic rings. The number of carbonyl (C=O) groups is 2. The Kier molecular flexibility index (Phi) is 9.39. The Balaban J connectivity index is 2.16. The third kappa shape index (κ3) is 7.21. The van der Waals surface area contributed by atoms with E-state index in [0.717, 1.165) is 16.9 Å². The molecule has 0 aliphatic heterocycles. The van der Waals surface area contributed by atoms with Gasteiger partial charge >= 0.3 is 0 Å². The van der Waals surface area contributed by atoms with Crippen LogP contribution >= 0.6 is 0 Å². The lowest BCUT2D eigenvalue weighted by atomic mass is 10.1. The highest BCUT2D eigenvalue weighted by atomic mass is 16.5. The van der Waals surface area contributed by atoms with Gasteiger partial charge in [0, 0.05) is 13.1 Å². The first-order valence-electron chi connectivity index (χ1n) is 10.7. The predicted molar refractivity (Wildman–Crippen MR) is 120 cm³/mol. The molecule has 0 saturated heterocycles. The normalized spacial score (nSPS) is 11.8. The van der Waals surface area contributed by atoms with Crippen molar-refractivity contribution in [2.45, 2.75) is 46.1 Å². The molecule has 0 saturated carbocycles. The fourth-order valence-electron chi connectivity index (χ4n) is 3.34. The van der Waals surface area contributed by atoms with E-state index < -0.39 is 6.04 Å². The van der Waals surface area contributed by atoms with Gasteiger partial charge in [-0.15, -0.1) is 0 Å². The summed E-state index contributed by atoms with van der Waals surface area (Å²) in [7, 11) is 1.62. The van der Waals surface area contributed by atoms with E-state index in [1.807, 2.05) is 61.5 Å². The van der Waals surface area contributed by atoms with Gasteiger partial charge in [-0.2, -0.15) is 0 Å². The first kappa shape index (κ1) is 23.5. The molecule has 162 valence electrons. The first-order valence-corrected chi connectivity index (χ1v) is 10.7. The molecular formula is C25H34N2O3. The summed E-state index contributed by atoms with van der Waals surface area (Å²) in [5.74, 6) is 0.996. The van der Waals surface area contributed by atoms with E-state index in [0.29, 0.717) is 31.8 Å². The van der Waals surface area contributed by atoms with Crippen LogP contribution in [-0.2, 0) is 22.4 Å². The second kappa shape index (κ2) is 12.0. The molecule has 5 nitrogen and oxygen atoms in total. The number of carbonyl (C=O) groups excluding carboxylic acids is 2. The van der Waals surface area contributed by atoms with E-state index in [4.69, 9.17) is 4.74 Å². The molecule has 0 aliphatic rings.